The van der Waals surface area contributed by atoms with Crippen LogP contribution in [0.4, 0.5) is 0 Å². The van der Waals surface area contributed by atoms with Crippen LogP contribution in [-0.4, -0.2) is 9.97 Å². The summed E-state index contributed by atoms with van der Waals surface area (Å²) < 4.78 is 0. The van der Waals surface area contributed by atoms with Crippen molar-refractivity contribution >= 4 is 0 Å². The van der Waals surface area contributed by atoms with Crippen LogP contribution >= 0.6 is 0 Å². The van der Waals surface area contributed by atoms with Gasteiger partial charge in [-0.3, -0.25) is 0 Å². The Balaban J connectivity index is 0.000000396. The summed E-state index contributed by atoms with van der Waals surface area (Å²) in [7, 11) is 0. The van der Waals surface area contributed by atoms with E-state index in [4.69, 9.17) is 0 Å². The van der Waals surface area contributed by atoms with Crippen LogP contribution < -0.4 is 0 Å². The molecule has 2 rings (SSSR count). The number of rotatable bonds is 1. The molecule has 0 aliphatic rings. The molecule has 0 bridgehead atoms. The van der Waals surface area contributed by atoms with Crippen molar-refractivity contribution in [1.29, 1.82) is 0 Å². The lowest BCUT2D eigenvalue weighted by molar-refractivity contribution is 1.31. The first-order valence-corrected chi connectivity index (χ1v) is 4.51. The van der Waals surface area contributed by atoms with Crippen LogP contribution in [0.25, 0.3) is 11.4 Å². The fraction of sp³-hybridized carbons (Fsp3) is 0.182. The van der Waals surface area contributed by atoms with Crippen molar-refractivity contribution in [3.05, 3.63) is 42.7 Å². The number of aromatic amines is 1. The Morgan fingerprint density at radius 2 is 1.77 bits per heavy atom. The first-order chi connectivity index (χ1) is 6.47. The molecule has 0 saturated heterocycles. The highest BCUT2D eigenvalue weighted by Crippen LogP contribution is 2.11. The zero-order valence-corrected chi connectivity index (χ0v) is 7.99. The maximum absolute atomic E-state index is 4.13. The quantitative estimate of drug-likeness (QED) is 0.707. The average molecular weight is 174 g/mol. The lowest BCUT2D eigenvalue weighted by Crippen LogP contribution is -1.77. The van der Waals surface area contributed by atoms with E-state index in [0.717, 1.165) is 11.4 Å². The number of hydrogen-bond acceptors (Lipinski definition) is 1. The molecule has 68 valence electrons. The van der Waals surface area contributed by atoms with Gasteiger partial charge in [0.1, 0.15) is 5.82 Å². The van der Waals surface area contributed by atoms with Gasteiger partial charge in [0, 0.05) is 18.0 Å². The van der Waals surface area contributed by atoms with Gasteiger partial charge >= 0.3 is 0 Å². The molecule has 0 fully saturated rings. The lowest BCUT2D eigenvalue weighted by atomic mass is 10.2. The summed E-state index contributed by atoms with van der Waals surface area (Å²) in [6.07, 6.45) is 3.57. The maximum Gasteiger partial charge on any atom is 0.137 e. The third-order valence-electron chi connectivity index (χ3n) is 1.55. The molecule has 0 aliphatic heterocycles. The summed E-state index contributed by atoms with van der Waals surface area (Å²) in [5.41, 5.74) is 1.12. The van der Waals surface area contributed by atoms with E-state index in [0.29, 0.717) is 0 Å². The van der Waals surface area contributed by atoms with Crippen molar-refractivity contribution in [2.75, 3.05) is 0 Å². The minimum Gasteiger partial charge on any atom is -0.345 e. The van der Waals surface area contributed by atoms with Crippen LogP contribution in [-0.2, 0) is 0 Å². The van der Waals surface area contributed by atoms with E-state index in [2.05, 4.69) is 9.97 Å². The summed E-state index contributed by atoms with van der Waals surface area (Å²) in [4.78, 5) is 7.17. The lowest BCUT2D eigenvalue weighted by Gasteiger charge is -1.92. The van der Waals surface area contributed by atoms with Crippen LogP contribution in [0.2, 0.25) is 0 Å². The van der Waals surface area contributed by atoms with Crippen LogP contribution in [0.1, 0.15) is 13.8 Å². The van der Waals surface area contributed by atoms with Gasteiger partial charge < -0.3 is 4.98 Å². The van der Waals surface area contributed by atoms with Crippen molar-refractivity contribution in [2.24, 2.45) is 0 Å². The van der Waals surface area contributed by atoms with E-state index in [9.17, 15) is 0 Å². The van der Waals surface area contributed by atoms with Gasteiger partial charge in [0.2, 0.25) is 0 Å². The minimum atomic E-state index is 0.922. The number of benzene rings is 1. The molecule has 1 heterocycles. The first kappa shape index (κ1) is 9.52. The highest BCUT2D eigenvalue weighted by molar-refractivity contribution is 5.53. The predicted molar refractivity (Wildman–Crippen MR) is 55.4 cm³/mol. The van der Waals surface area contributed by atoms with Gasteiger partial charge in [-0.1, -0.05) is 44.2 Å². The van der Waals surface area contributed by atoms with Gasteiger partial charge in [0.05, 0.1) is 0 Å². The third kappa shape index (κ3) is 2.44. The zero-order valence-electron chi connectivity index (χ0n) is 7.99. The van der Waals surface area contributed by atoms with Crippen LogP contribution in [0, 0.1) is 0 Å². The number of H-pyrrole nitrogens is 1. The van der Waals surface area contributed by atoms with Gasteiger partial charge in [-0.05, 0) is 0 Å². The number of hydrogen-bond donors (Lipinski definition) is 1. The molecule has 2 nitrogen and oxygen atoms in total. The molecule has 1 aromatic carbocycles. The Kier molecular flexibility index (Phi) is 3.76. The highest BCUT2D eigenvalue weighted by atomic mass is 14.9. The van der Waals surface area contributed by atoms with Gasteiger partial charge in [-0.15, -0.1) is 0 Å². The Morgan fingerprint density at radius 3 is 2.31 bits per heavy atom. The standard InChI is InChI=1S/C9H8N2.C2H6/c1-2-4-8(5-3-1)9-10-6-7-11-9;1-2/h1-7H,(H,10,11);1-2H3. The zero-order chi connectivity index (χ0) is 9.52. The van der Waals surface area contributed by atoms with Gasteiger partial charge in [-0.25, -0.2) is 4.98 Å². The minimum absolute atomic E-state index is 0.922. The van der Waals surface area contributed by atoms with Crippen molar-refractivity contribution in [2.45, 2.75) is 13.8 Å². The average Bonchev–Trinajstić information content (AvgIpc) is 2.75. The van der Waals surface area contributed by atoms with E-state index in [-0.39, 0.29) is 0 Å². The molecular weight excluding hydrogens is 160 g/mol. The second kappa shape index (κ2) is 5.14. The molecule has 1 N–H and O–H groups in total. The summed E-state index contributed by atoms with van der Waals surface area (Å²) in [5, 5.41) is 0. The molecule has 0 aliphatic carbocycles. The summed E-state index contributed by atoms with van der Waals surface area (Å²) in [5.74, 6) is 0.922. The number of aromatic nitrogens is 2. The fourth-order valence-corrected chi connectivity index (χ4v) is 1.02. The number of imidazole rings is 1. The van der Waals surface area contributed by atoms with Gasteiger partial charge in [-0.2, -0.15) is 0 Å². The molecular formula is C11H14N2. The van der Waals surface area contributed by atoms with E-state index in [1.807, 2.05) is 50.4 Å². The molecule has 0 spiro atoms. The number of nitrogens with zero attached hydrogens (tertiary/aromatic N) is 1. The molecule has 2 heteroatoms. The van der Waals surface area contributed by atoms with Crippen molar-refractivity contribution in [3.63, 3.8) is 0 Å². The van der Waals surface area contributed by atoms with Crippen LogP contribution in [0.5, 0.6) is 0 Å². The van der Waals surface area contributed by atoms with Crippen LogP contribution in [0.15, 0.2) is 42.7 Å². The molecule has 0 amide bonds. The molecule has 13 heavy (non-hydrogen) atoms. The maximum atomic E-state index is 4.13. The fourth-order valence-electron chi connectivity index (χ4n) is 1.02. The molecule has 2 aromatic rings. The first-order valence-electron chi connectivity index (χ1n) is 4.51. The third-order valence-corrected chi connectivity index (χ3v) is 1.55. The topological polar surface area (TPSA) is 28.7 Å². The molecule has 0 unspecified atom stereocenters. The summed E-state index contributed by atoms with van der Waals surface area (Å²) in [6, 6.07) is 10.0. The summed E-state index contributed by atoms with van der Waals surface area (Å²) >= 11 is 0. The monoisotopic (exact) mass is 174 g/mol. The molecule has 0 radical (unpaired) electrons. The van der Waals surface area contributed by atoms with Crippen molar-refractivity contribution < 1.29 is 0 Å². The summed E-state index contributed by atoms with van der Waals surface area (Å²) in [6.45, 7) is 4.00. The Labute approximate surface area is 78.7 Å². The second-order valence-electron chi connectivity index (χ2n) is 2.30. The van der Waals surface area contributed by atoms with Crippen molar-refractivity contribution in [3.8, 4) is 11.4 Å². The van der Waals surface area contributed by atoms with Gasteiger partial charge in [0.25, 0.3) is 0 Å². The normalized spacial score (nSPS) is 8.77. The van der Waals surface area contributed by atoms with Gasteiger partial charge in [0.15, 0.2) is 0 Å². The molecule has 0 atom stereocenters. The SMILES string of the molecule is CC.c1ccc(-c2ncc[nH]2)cc1. The highest BCUT2D eigenvalue weighted by Gasteiger charge is 1.94. The number of nitrogens with one attached hydrogen (secondary N) is 1. The Hall–Kier alpha value is -1.57. The molecule has 0 saturated carbocycles. The Morgan fingerprint density at radius 1 is 1.08 bits per heavy atom. The predicted octanol–water partition coefficient (Wildman–Crippen LogP) is 3.10. The largest absolute Gasteiger partial charge is 0.345 e. The van der Waals surface area contributed by atoms with Crippen molar-refractivity contribution in [1.82, 2.24) is 9.97 Å². The molecule has 1 aromatic heterocycles. The van der Waals surface area contributed by atoms with Crippen LogP contribution in [0.3, 0.4) is 0 Å². The van der Waals surface area contributed by atoms with E-state index in [1.54, 1.807) is 6.20 Å². The van der Waals surface area contributed by atoms with E-state index >= 15 is 0 Å². The van der Waals surface area contributed by atoms with E-state index < -0.39 is 0 Å². The van der Waals surface area contributed by atoms with E-state index in [1.165, 1.54) is 0 Å². The second-order valence-corrected chi connectivity index (χ2v) is 2.30. The smallest absolute Gasteiger partial charge is 0.137 e. The Bertz CT molecular complexity index is 311.